The third-order valence-electron chi connectivity index (χ3n) is 3.78. The molecule has 0 spiro atoms. The van der Waals surface area contributed by atoms with Crippen LogP contribution in [0.15, 0.2) is 36.4 Å². The molecule has 0 saturated carbocycles. The van der Waals surface area contributed by atoms with Crippen molar-refractivity contribution >= 4 is 23.2 Å². The van der Waals surface area contributed by atoms with Gasteiger partial charge in [-0.25, -0.2) is 4.79 Å². The molecule has 0 bridgehead atoms. The van der Waals surface area contributed by atoms with Crippen LogP contribution in [0.1, 0.15) is 52.5 Å². The zero-order valence-corrected chi connectivity index (χ0v) is 16.0. The first-order valence-electron chi connectivity index (χ1n) is 8.47. The van der Waals surface area contributed by atoms with E-state index in [1.165, 1.54) is 16.9 Å². The van der Waals surface area contributed by atoms with Gasteiger partial charge in [-0.05, 0) is 49.4 Å². The van der Waals surface area contributed by atoms with E-state index in [0.29, 0.717) is 10.8 Å². The van der Waals surface area contributed by atoms with Gasteiger partial charge in [0.25, 0.3) is 5.91 Å². The highest BCUT2D eigenvalue weighted by molar-refractivity contribution is 7.13. The smallest absolute Gasteiger partial charge is 0.348 e. The molecule has 134 valence electrons. The van der Waals surface area contributed by atoms with Crippen LogP contribution in [-0.2, 0) is 16.0 Å². The first kappa shape index (κ1) is 19.2. The molecule has 1 heterocycles. The molecule has 0 aliphatic rings. The van der Waals surface area contributed by atoms with Crippen molar-refractivity contribution in [1.29, 1.82) is 0 Å². The van der Waals surface area contributed by atoms with Crippen molar-refractivity contribution in [2.24, 2.45) is 5.92 Å². The second-order valence-corrected chi connectivity index (χ2v) is 7.90. The molecule has 25 heavy (non-hydrogen) atoms. The Hall–Kier alpha value is -2.14. The van der Waals surface area contributed by atoms with Gasteiger partial charge in [0, 0.05) is 4.88 Å². The third-order valence-corrected chi connectivity index (χ3v) is 4.76. The molecule has 0 saturated heterocycles. The SMILES string of the molecule is Cc1ccc(C(=O)OCC(=O)N[C@H](C)c2ccc(CC(C)C)cc2)s1. The van der Waals surface area contributed by atoms with E-state index in [0.717, 1.165) is 16.9 Å². The fourth-order valence-corrected chi connectivity index (χ4v) is 3.29. The van der Waals surface area contributed by atoms with Crippen LogP contribution in [-0.4, -0.2) is 18.5 Å². The molecule has 1 aromatic heterocycles. The lowest BCUT2D eigenvalue weighted by atomic mass is 10.00. The zero-order valence-electron chi connectivity index (χ0n) is 15.2. The molecule has 0 radical (unpaired) electrons. The van der Waals surface area contributed by atoms with Crippen LogP contribution < -0.4 is 5.32 Å². The predicted octanol–water partition coefficient (Wildman–Crippen LogP) is 4.29. The molecule has 0 aliphatic carbocycles. The number of rotatable bonds is 7. The van der Waals surface area contributed by atoms with Gasteiger partial charge in [0.1, 0.15) is 4.88 Å². The summed E-state index contributed by atoms with van der Waals surface area (Å²) in [5.41, 5.74) is 2.32. The van der Waals surface area contributed by atoms with Crippen LogP contribution in [0.2, 0.25) is 0 Å². The molecule has 1 aromatic carbocycles. The molecule has 4 nitrogen and oxygen atoms in total. The Morgan fingerprint density at radius 3 is 2.32 bits per heavy atom. The molecular formula is C20H25NO3S. The Labute approximate surface area is 153 Å². The standard InChI is InChI=1S/C20H25NO3S/c1-13(2)11-16-6-8-17(9-7-16)15(4)21-19(22)12-24-20(23)18-10-5-14(3)25-18/h5-10,13,15H,11-12H2,1-4H3,(H,21,22)/t15-/m1/s1. The van der Waals surface area contributed by atoms with Crippen molar-refractivity contribution in [1.82, 2.24) is 5.32 Å². The van der Waals surface area contributed by atoms with Crippen LogP contribution in [0.5, 0.6) is 0 Å². The number of esters is 1. The maximum atomic E-state index is 12.0. The van der Waals surface area contributed by atoms with Gasteiger partial charge in [-0.2, -0.15) is 0 Å². The van der Waals surface area contributed by atoms with E-state index >= 15 is 0 Å². The second kappa shape index (κ2) is 8.81. The second-order valence-electron chi connectivity index (χ2n) is 6.62. The Morgan fingerprint density at radius 1 is 1.08 bits per heavy atom. The van der Waals surface area contributed by atoms with Crippen molar-refractivity contribution in [3.8, 4) is 0 Å². The normalized spacial score (nSPS) is 12.0. The monoisotopic (exact) mass is 359 g/mol. The number of nitrogens with one attached hydrogen (secondary N) is 1. The molecule has 2 aromatic rings. The summed E-state index contributed by atoms with van der Waals surface area (Å²) in [7, 11) is 0. The predicted molar refractivity (Wildman–Crippen MR) is 101 cm³/mol. The Bertz CT molecular complexity index is 719. The summed E-state index contributed by atoms with van der Waals surface area (Å²) in [5.74, 6) is -0.149. The average molecular weight is 359 g/mol. The van der Waals surface area contributed by atoms with Crippen LogP contribution in [0.4, 0.5) is 0 Å². The van der Waals surface area contributed by atoms with Crippen molar-refractivity contribution in [2.75, 3.05) is 6.61 Å². The van der Waals surface area contributed by atoms with Gasteiger partial charge in [-0.15, -0.1) is 11.3 Å². The number of ether oxygens (including phenoxy) is 1. The van der Waals surface area contributed by atoms with E-state index in [1.54, 1.807) is 6.07 Å². The lowest BCUT2D eigenvalue weighted by molar-refractivity contribution is -0.124. The number of carbonyl (C=O) groups is 2. The minimum atomic E-state index is -0.459. The largest absolute Gasteiger partial charge is 0.451 e. The number of hydrogen-bond donors (Lipinski definition) is 1. The van der Waals surface area contributed by atoms with E-state index in [2.05, 4.69) is 31.3 Å². The molecule has 1 atom stereocenters. The Kier molecular flexibility index (Phi) is 6.76. The summed E-state index contributed by atoms with van der Waals surface area (Å²) < 4.78 is 5.06. The first-order valence-corrected chi connectivity index (χ1v) is 9.28. The van der Waals surface area contributed by atoms with Gasteiger partial charge >= 0.3 is 5.97 Å². The summed E-state index contributed by atoms with van der Waals surface area (Å²) in [6.07, 6.45) is 1.04. The van der Waals surface area contributed by atoms with E-state index < -0.39 is 5.97 Å². The summed E-state index contributed by atoms with van der Waals surface area (Å²) in [6.45, 7) is 7.94. The minimum absolute atomic E-state index is 0.136. The van der Waals surface area contributed by atoms with E-state index in [1.807, 2.05) is 32.0 Å². The Balaban J connectivity index is 1.82. The van der Waals surface area contributed by atoms with Crippen LogP contribution in [0, 0.1) is 12.8 Å². The minimum Gasteiger partial charge on any atom is -0.451 e. The molecule has 0 unspecified atom stereocenters. The highest BCUT2D eigenvalue weighted by atomic mass is 32.1. The molecule has 1 N–H and O–H groups in total. The maximum Gasteiger partial charge on any atom is 0.348 e. The highest BCUT2D eigenvalue weighted by Gasteiger charge is 2.14. The number of amides is 1. The van der Waals surface area contributed by atoms with Crippen LogP contribution in [0.3, 0.4) is 0 Å². The van der Waals surface area contributed by atoms with E-state index in [4.69, 9.17) is 4.74 Å². The molecule has 0 aliphatic heterocycles. The van der Waals surface area contributed by atoms with Gasteiger partial charge in [-0.3, -0.25) is 4.79 Å². The highest BCUT2D eigenvalue weighted by Crippen LogP contribution is 2.17. The number of hydrogen-bond acceptors (Lipinski definition) is 4. The quantitative estimate of drug-likeness (QED) is 0.750. The van der Waals surface area contributed by atoms with Crippen molar-refractivity contribution < 1.29 is 14.3 Å². The number of aryl methyl sites for hydroxylation is 1. The maximum absolute atomic E-state index is 12.0. The van der Waals surface area contributed by atoms with E-state index in [9.17, 15) is 9.59 Å². The summed E-state index contributed by atoms with van der Waals surface area (Å²) in [4.78, 5) is 25.4. The van der Waals surface area contributed by atoms with Gasteiger partial charge in [0.15, 0.2) is 6.61 Å². The first-order chi connectivity index (χ1) is 11.8. The third kappa shape index (κ3) is 6.02. The lowest BCUT2D eigenvalue weighted by Gasteiger charge is -2.15. The zero-order chi connectivity index (χ0) is 18.4. The summed E-state index contributed by atoms with van der Waals surface area (Å²) >= 11 is 1.36. The number of carbonyl (C=O) groups excluding carboxylic acids is 2. The van der Waals surface area contributed by atoms with Gasteiger partial charge in [0.05, 0.1) is 6.04 Å². The molecule has 1 amide bonds. The molecule has 5 heteroatoms. The van der Waals surface area contributed by atoms with Crippen molar-refractivity contribution in [3.63, 3.8) is 0 Å². The van der Waals surface area contributed by atoms with Crippen LogP contribution in [0.25, 0.3) is 0 Å². The van der Waals surface area contributed by atoms with Crippen LogP contribution >= 0.6 is 11.3 Å². The molecule has 2 rings (SSSR count). The van der Waals surface area contributed by atoms with Crippen molar-refractivity contribution in [3.05, 3.63) is 57.3 Å². The average Bonchev–Trinajstić information content (AvgIpc) is 2.99. The number of thiophene rings is 1. The van der Waals surface area contributed by atoms with Gasteiger partial charge < -0.3 is 10.1 Å². The lowest BCUT2D eigenvalue weighted by Crippen LogP contribution is -2.31. The number of benzene rings is 1. The van der Waals surface area contributed by atoms with E-state index in [-0.39, 0.29) is 18.6 Å². The topological polar surface area (TPSA) is 55.4 Å². The fourth-order valence-electron chi connectivity index (χ4n) is 2.53. The van der Waals surface area contributed by atoms with Gasteiger partial charge in [0.2, 0.25) is 0 Å². The summed E-state index contributed by atoms with van der Waals surface area (Å²) in [5, 5.41) is 2.86. The Morgan fingerprint density at radius 2 is 1.76 bits per heavy atom. The fraction of sp³-hybridized carbons (Fsp3) is 0.400. The van der Waals surface area contributed by atoms with Crippen molar-refractivity contribution in [2.45, 2.75) is 40.2 Å². The summed E-state index contributed by atoms with van der Waals surface area (Å²) in [6, 6.07) is 11.7. The molecule has 0 fully saturated rings. The molecular weight excluding hydrogens is 334 g/mol. The van der Waals surface area contributed by atoms with Gasteiger partial charge in [-0.1, -0.05) is 38.1 Å².